The Morgan fingerprint density at radius 3 is 2.58 bits per heavy atom. The molecule has 3 rings (SSSR count). The van der Waals surface area contributed by atoms with Crippen LogP contribution < -0.4 is 5.32 Å². The van der Waals surface area contributed by atoms with Crippen molar-refractivity contribution < 1.29 is 13.2 Å². The molecule has 0 aliphatic carbocycles. The Hall–Kier alpha value is -1.15. The Morgan fingerprint density at radius 2 is 1.96 bits per heavy atom. The number of hydrogen-bond acceptors (Lipinski definition) is 4. The summed E-state index contributed by atoms with van der Waals surface area (Å²) < 4.78 is 27.1. The van der Waals surface area contributed by atoms with Gasteiger partial charge >= 0.3 is 0 Å². The average Bonchev–Trinajstić information content (AvgIpc) is 3.25. The number of amides is 1. The van der Waals surface area contributed by atoms with E-state index in [-0.39, 0.29) is 29.3 Å². The minimum atomic E-state index is -3.62. The van der Waals surface area contributed by atoms with Gasteiger partial charge in [0.1, 0.15) is 6.04 Å². The van der Waals surface area contributed by atoms with E-state index in [0.29, 0.717) is 13.0 Å². The van der Waals surface area contributed by atoms with Crippen LogP contribution in [0.5, 0.6) is 0 Å². The number of likely N-dealkylation sites (N-methyl/N-ethyl adjacent to an activating group) is 1. The van der Waals surface area contributed by atoms with E-state index in [9.17, 15) is 13.2 Å². The molecule has 1 amide bonds. The lowest BCUT2D eigenvalue weighted by atomic mass is 10.1. The summed E-state index contributed by atoms with van der Waals surface area (Å²) in [4.78, 5) is 14.8. The molecule has 0 spiro atoms. The number of benzene rings is 1. The van der Waals surface area contributed by atoms with Crippen LogP contribution in [0.25, 0.3) is 0 Å². The summed E-state index contributed by atoms with van der Waals surface area (Å²) in [5, 5.41) is 3.24. The first-order chi connectivity index (χ1) is 11.0. The quantitative estimate of drug-likeness (QED) is 0.857. The molecule has 6 nitrogen and oxygen atoms in total. The number of nitrogens with zero attached hydrogens (tertiary/aromatic N) is 2. The molecule has 2 heterocycles. The van der Waals surface area contributed by atoms with Gasteiger partial charge in [-0.25, -0.2) is 8.42 Å². The van der Waals surface area contributed by atoms with Gasteiger partial charge in [0.05, 0.1) is 4.90 Å². The zero-order chi connectivity index (χ0) is 16.4. The molecular weight excluding hydrogens is 350 g/mol. The zero-order valence-electron chi connectivity index (χ0n) is 13.7. The summed E-state index contributed by atoms with van der Waals surface area (Å²) in [6.45, 7) is 2.09. The highest BCUT2D eigenvalue weighted by Crippen LogP contribution is 2.27. The molecule has 2 fully saturated rings. The van der Waals surface area contributed by atoms with E-state index in [4.69, 9.17) is 0 Å². The van der Waals surface area contributed by atoms with Crippen LogP contribution in [0.4, 0.5) is 0 Å². The van der Waals surface area contributed by atoms with E-state index in [1.807, 2.05) is 0 Å². The minimum Gasteiger partial charge on any atom is -0.340 e. The fourth-order valence-electron chi connectivity index (χ4n) is 3.39. The maximum absolute atomic E-state index is 12.8. The van der Waals surface area contributed by atoms with Crippen molar-refractivity contribution in [2.75, 3.05) is 26.7 Å². The number of carbonyl (C=O) groups excluding carboxylic acids is 1. The monoisotopic (exact) mass is 373 g/mol. The molecular formula is C16H24ClN3O3S. The zero-order valence-corrected chi connectivity index (χ0v) is 15.4. The van der Waals surface area contributed by atoms with Crippen LogP contribution in [0.15, 0.2) is 35.2 Å². The SMILES string of the molecule is CN(C(=O)C1CCCN1S(=O)(=O)c1ccccc1)C1CCNC1.Cl. The third kappa shape index (κ3) is 3.59. The van der Waals surface area contributed by atoms with Crippen LogP contribution in [-0.4, -0.2) is 62.3 Å². The van der Waals surface area contributed by atoms with Gasteiger partial charge < -0.3 is 10.2 Å². The van der Waals surface area contributed by atoms with Crippen molar-refractivity contribution in [3.8, 4) is 0 Å². The maximum Gasteiger partial charge on any atom is 0.243 e. The van der Waals surface area contributed by atoms with Gasteiger partial charge in [-0.3, -0.25) is 4.79 Å². The van der Waals surface area contributed by atoms with Crippen LogP contribution in [0.3, 0.4) is 0 Å². The van der Waals surface area contributed by atoms with E-state index in [2.05, 4.69) is 5.32 Å². The lowest BCUT2D eigenvalue weighted by Gasteiger charge is -2.30. The van der Waals surface area contributed by atoms with Gasteiger partial charge in [0, 0.05) is 26.2 Å². The molecule has 24 heavy (non-hydrogen) atoms. The van der Waals surface area contributed by atoms with Crippen LogP contribution in [-0.2, 0) is 14.8 Å². The summed E-state index contributed by atoms with van der Waals surface area (Å²) in [6.07, 6.45) is 2.23. The first kappa shape index (κ1) is 19.2. The van der Waals surface area contributed by atoms with Gasteiger partial charge in [-0.1, -0.05) is 18.2 Å². The Balaban J connectivity index is 0.00000208. The van der Waals surface area contributed by atoms with Crippen molar-refractivity contribution >= 4 is 28.3 Å². The van der Waals surface area contributed by atoms with E-state index >= 15 is 0 Å². The Labute approximate surface area is 149 Å². The third-order valence-corrected chi connectivity index (χ3v) is 6.69. The van der Waals surface area contributed by atoms with E-state index in [1.54, 1.807) is 42.3 Å². The number of halogens is 1. The second kappa shape index (κ2) is 7.82. The van der Waals surface area contributed by atoms with Crippen molar-refractivity contribution in [2.45, 2.75) is 36.2 Å². The first-order valence-electron chi connectivity index (χ1n) is 8.06. The Kier molecular flexibility index (Phi) is 6.25. The number of rotatable bonds is 4. The summed E-state index contributed by atoms with van der Waals surface area (Å²) in [6, 6.07) is 7.94. The lowest BCUT2D eigenvalue weighted by Crippen LogP contribution is -2.50. The lowest BCUT2D eigenvalue weighted by molar-refractivity contribution is -0.135. The molecule has 1 N–H and O–H groups in total. The molecule has 2 aliphatic heterocycles. The highest BCUT2D eigenvalue weighted by atomic mass is 35.5. The van der Waals surface area contributed by atoms with Crippen molar-refractivity contribution in [3.63, 3.8) is 0 Å². The molecule has 2 aliphatic rings. The molecule has 2 saturated heterocycles. The fraction of sp³-hybridized carbons (Fsp3) is 0.562. The summed E-state index contributed by atoms with van der Waals surface area (Å²) >= 11 is 0. The third-order valence-electron chi connectivity index (χ3n) is 4.77. The molecule has 8 heteroatoms. The second-order valence-electron chi connectivity index (χ2n) is 6.18. The summed E-state index contributed by atoms with van der Waals surface area (Å²) in [5.41, 5.74) is 0. The van der Waals surface area contributed by atoms with E-state index in [0.717, 1.165) is 25.9 Å². The summed E-state index contributed by atoms with van der Waals surface area (Å²) in [5.74, 6) is -0.0873. The second-order valence-corrected chi connectivity index (χ2v) is 8.07. The van der Waals surface area contributed by atoms with Gasteiger partial charge in [0.25, 0.3) is 0 Å². The molecule has 1 aromatic rings. The number of sulfonamides is 1. The van der Waals surface area contributed by atoms with Crippen molar-refractivity contribution in [2.24, 2.45) is 0 Å². The predicted molar refractivity (Wildman–Crippen MR) is 94.6 cm³/mol. The van der Waals surface area contributed by atoms with Crippen molar-refractivity contribution in [3.05, 3.63) is 30.3 Å². The molecule has 134 valence electrons. The van der Waals surface area contributed by atoms with E-state index in [1.165, 1.54) is 4.31 Å². The molecule has 2 unspecified atom stereocenters. The Morgan fingerprint density at radius 1 is 1.25 bits per heavy atom. The average molecular weight is 374 g/mol. The number of nitrogens with one attached hydrogen (secondary N) is 1. The van der Waals surface area contributed by atoms with Gasteiger partial charge in [-0.15, -0.1) is 12.4 Å². The maximum atomic E-state index is 12.8. The largest absolute Gasteiger partial charge is 0.340 e. The molecule has 1 aromatic carbocycles. The molecule has 2 atom stereocenters. The molecule has 0 aromatic heterocycles. The normalized spacial score (nSPS) is 24.5. The van der Waals surface area contributed by atoms with Gasteiger partial charge in [-0.05, 0) is 37.9 Å². The predicted octanol–water partition coefficient (Wildman–Crippen LogP) is 1.08. The van der Waals surface area contributed by atoms with Crippen LogP contribution in [0.2, 0.25) is 0 Å². The van der Waals surface area contributed by atoms with Crippen LogP contribution >= 0.6 is 12.4 Å². The van der Waals surface area contributed by atoms with Crippen molar-refractivity contribution in [1.82, 2.24) is 14.5 Å². The number of hydrogen-bond donors (Lipinski definition) is 1. The van der Waals surface area contributed by atoms with Gasteiger partial charge in [0.2, 0.25) is 15.9 Å². The smallest absolute Gasteiger partial charge is 0.243 e. The van der Waals surface area contributed by atoms with Crippen LogP contribution in [0, 0.1) is 0 Å². The van der Waals surface area contributed by atoms with Crippen molar-refractivity contribution in [1.29, 1.82) is 0 Å². The first-order valence-corrected chi connectivity index (χ1v) is 9.50. The van der Waals surface area contributed by atoms with Gasteiger partial charge in [0.15, 0.2) is 0 Å². The molecule has 0 bridgehead atoms. The summed E-state index contributed by atoms with van der Waals surface area (Å²) in [7, 11) is -1.84. The highest BCUT2D eigenvalue weighted by Gasteiger charge is 2.41. The van der Waals surface area contributed by atoms with Crippen LogP contribution in [0.1, 0.15) is 19.3 Å². The molecule has 0 radical (unpaired) electrons. The fourth-order valence-corrected chi connectivity index (χ4v) is 5.06. The number of carbonyl (C=O) groups is 1. The highest BCUT2D eigenvalue weighted by molar-refractivity contribution is 7.89. The Bertz CT molecular complexity index is 662. The standard InChI is InChI=1S/C16H23N3O3S.ClH/c1-18(13-9-10-17-12-13)16(20)15-8-5-11-19(15)23(21,22)14-6-3-2-4-7-14;/h2-4,6-7,13,15,17H,5,8-12H2,1H3;1H. The van der Waals surface area contributed by atoms with E-state index < -0.39 is 16.1 Å². The van der Waals surface area contributed by atoms with Gasteiger partial charge in [-0.2, -0.15) is 4.31 Å². The topological polar surface area (TPSA) is 69.7 Å². The minimum absolute atomic E-state index is 0. The molecule has 0 saturated carbocycles.